The van der Waals surface area contributed by atoms with Crippen LogP contribution in [0.5, 0.6) is 0 Å². The van der Waals surface area contributed by atoms with Crippen molar-refractivity contribution in [2.45, 2.75) is 12.8 Å². The molecule has 0 radical (unpaired) electrons. The topological polar surface area (TPSA) is 46.3 Å². The first-order chi connectivity index (χ1) is 8.99. The monoisotopic (exact) mass is 300 g/mol. The van der Waals surface area contributed by atoms with Crippen LogP contribution in [0.4, 0.5) is 4.39 Å². The Morgan fingerprint density at radius 1 is 1.53 bits per heavy atom. The maximum Gasteiger partial charge on any atom is 0.255 e. The molecular formula is C13H14ClFN2OS. The van der Waals surface area contributed by atoms with Crippen LogP contribution in [0.3, 0.4) is 0 Å². The number of hydrogen-bond acceptors (Lipinski definition) is 2. The molecular weight excluding hydrogens is 287 g/mol. The van der Waals surface area contributed by atoms with Crippen molar-refractivity contribution in [2.75, 3.05) is 13.1 Å². The molecule has 0 saturated carbocycles. The van der Waals surface area contributed by atoms with E-state index in [1.807, 2.05) is 0 Å². The fourth-order valence-corrected chi connectivity index (χ4v) is 2.67. The molecule has 1 aliphatic heterocycles. The molecule has 2 rings (SSSR count). The summed E-state index contributed by atoms with van der Waals surface area (Å²) in [6, 6.07) is 3.78. The van der Waals surface area contributed by atoms with Gasteiger partial charge in [0, 0.05) is 19.0 Å². The van der Waals surface area contributed by atoms with Gasteiger partial charge in [-0.05, 0) is 31.0 Å². The predicted octanol–water partition coefficient (Wildman–Crippen LogP) is 2.62. The maximum absolute atomic E-state index is 13.0. The van der Waals surface area contributed by atoms with E-state index >= 15 is 0 Å². The van der Waals surface area contributed by atoms with E-state index in [-0.39, 0.29) is 16.8 Å². The zero-order valence-corrected chi connectivity index (χ0v) is 11.8. The van der Waals surface area contributed by atoms with Gasteiger partial charge in [-0.25, -0.2) is 4.39 Å². The fourth-order valence-electron chi connectivity index (χ4n) is 2.23. The van der Waals surface area contributed by atoms with Gasteiger partial charge in [-0.2, -0.15) is 0 Å². The van der Waals surface area contributed by atoms with Gasteiger partial charge < -0.3 is 10.6 Å². The third kappa shape index (κ3) is 3.22. The molecule has 0 bridgehead atoms. The number of amides is 1. The number of hydrogen-bond donors (Lipinski definition) is 1. The first-order valence-corrected chi connectivity index (χ1v) is 6.81. The van der Waals surface area contributed by atoms with Gasteiger partial charge in [0.05, 0.1) is 15.6 Å². The molecule has 1 amide bonds. The van der Waals surface area contributed by atoms with E-state index in [4.69, 9.17) is 29.6 Å². The van der Waals surface area contributed by atoms with E-state index in [0.717, 1.165) is 18.9 Å². The number of carbonyl (C=O) groups is 1. The number of likely N-dealkylation sites (tertiary alicyclic amines) is 1. The van der Waals surface area contributed by atoms with E-state index in [0.29, 0.717) is 23.6 Å². The molecule has 0 spiro atoms. The molecule has 0 aromatic heterocycles. The second kappa shape index (κ2) is 5.84. The minimum atomic E-state index is -0.457. The highest BCUT2D eigenvalue weighted by Gasteiger charge is 2.26. The van der Waals surface area contributed by atoms with Crippen LogP contribution in [0.15, 0.2) is 18.2 Å². The summed E-state index contributed by atoms with van der Waals surface area (Å²) >= 11 is 10.9. The molecule has 0 aliphatic carbocycles. The zero-order valence-electron chi connectivity index (χ0n) is 10.2. The highest BCUT2D eigenvalue weighted by Crippen LogP contribution is 2.23. The quantitative estimate of drug-likeness (QED) is 0.854. The second-order valence-corrected chi connectivity index (χ2v) is 5.50. The Morgan fingerprint density at radius 2 is 2.26 bits per heavy atom. The van der Waals surface area contributed by atoms with E-state index in [1.165, 1.54) is 12.1 Å². The Hall–Kier alpha value is -1.20. The van der Waals surface area contributed by atoms with Gasteiger partial charge in [0.25, 0.3) is 5.91 Å². The molecule has 3 nitrogen and oxygen atoms in total. The lowest BCUT2D eigenvalue weighted by atomic mass is 9.97. The summed E-state index contributed by atoms with van der Waals surface area (Å²) in [6.07, 6.45) is 1.75. The summed E-state index contributed by atoms with van der Waals surface area (Å²) in [4.78, 5) is 14.4. The lowest BCUT2D eigenvalue weighted by Crippen LogP contribution is -2.43. The summed E-state index contributed by atoms with van der Waals surface area (Å²) in [5.41, 5.74) is 5.95. The molecule has 2 N–H and O–H groups in total. The minimum Gasteiger partial charge on any atom is -0.393 e. The van der Waals surface area contributed by atoms with E-state index in [2.05, 4.69) is 0 Å². The summed E-state index contributed by atoms with van der Waals surface area (Å²) in [6.45, 7) is 1.15. The lowest BCUT2D eigenvalue weighted by Gasteiger charge is -2.32. The zero-order chi connectivity index (χ0) is 14.0. The Bertz CT molecular complexity index is 523. The van der Waals surface area contributed by atoms with Crippen LogP contribution in [-0.4, -0.2) is 28.9 Å². The van der Waals surface area contributed by atoms with Crippen LogP contribution < -0.4 is 5.73 Å². The van der Waals surface area contributed by atoms with E-state index in [9.17, 15) is 9.18 Å². The molecule has 1 unspecified atom stereocenters. The van der Waals surface area contributed by atoms with Gasteiger partial charge in [-0.3, -0.25) is 4.79 Å². The third-order valence-corrected chi connectivity index (χ3v) is 3.92. The smallest absolute Gasteiger partial charge is 0.255 e. The van der Waals surface area contributed by atoms with Crippen molar-refractivity contribution < 1.29 is 9.18 Å². The third-order valence-electron chi connectivity index (χ3n) is 3.27. The molecule has 1 heterocycles. The number of nitrogens with zero attached hydrogens (tertiary/aromatic N) is 1. The standard InChI is InChI=1S/C13H14ClFN2OS/c14-11-6-9(15)3-4-10(11)13(18)17-5-1-2-8(7-17)12(16)19/h3-4,6,8H,1-2,5,7H2,(H2,16,19). The van der Waals surface area contributed by atoms with E-state index in [1.54, 1.807) is 4.90 Å². The molecule has 1 aromatic carbocycles. The van der Waals surface area contributed by atoms with Crippen molar-refractivity contribution >= 4 is 34.7 Å². The Balaban J connectivity index is 2.17. The largest absolute Gasteiger partial charge is 0.393 e. The molecule has 1 aromatic rings. The number of thiocarbonyl (C=S) groups is 1. The van der Waals surface area contributed by atoms with Crippen LogP contribution >= 0.6 is 23.8 Å². The summed E-state index contributed by atoms with van der Waals surface area (Å²) < 4.78 is 13.0. The SMILES string of the molecule is NC(=S)C1CCCN(C(=O)c2ccc(F)cc2Cl)C1. The van der Waals surface area contributed by atoms with Crippen LogP contribution in [0, 0.1) is 11.7 Å². The van der Waals surface area contributed by atoms with Crippen LogP contribution in [0.2, 0.25) is 5.02 Å². The van der Waals surface area contributed by atoms with Crippen LogP contribution in [0.25, 0.3) is 0 Å². The number of nitrogens with two attached hydrogens (primary N) is 1. The highest BCUT2D eigenvalue weighted by atomic mass is 35.5. The lowest BCUT2D eigenvalue weighted by molar-refractivity contribution is 0.0703. The molecule has 1 saturated heterocycles. The Kier molecular flexibility index (Phi) is 4.37. The molecule has 6 heteroatoms. The number of benzene rings is 1. The molecule has 1 aliphatic rings. The van der Waals surface area contributed by atoms with Gasteiger partial charge in [0.2, 0.25) is 0 Å². The molecule has 1 atom stereocenters. The summed E-state index contributed by atoms with van der Waals surface area (Å²) in [7, 11) is 0. The van der Waals surface area contributed by atoms with Crippen LogP contribution in [-0.2, 0) is 0 Å². The van der Waals surface area contributed by atoms with Crippen molar-refractivity contribution in [1.29, 1.82) is 0 Å². The average Bonchev–Trinajstić information content (AvgIpc) is 2.38. The normalized spacial score (nSPS) is 19.3. The average molecular weight is 301 g/mol. The molecule has 19 heavy (non-hydrogen) atoms. The first-order valence-electron chi connectivity index (χ1n) is 6.02. The summed E-state index contributed by atoms with van der Waals surface area (Å²) in [5, 5.41) is 0.127. The fraction of sp³-hybridized carbons (Fsp3) is 0.385. The van der Waals surface area contributed by atoms with Crippen LogP contribution in [0.1, 0.15) is 23.2 Å². The van der Waals surface area contributed by atoms with Gasteiger partial charge >= 0.3 is 0 Å². The molecule has 102 valence electrons. The maximum atomic E-state index is 13.0. The van der Waals surface area contributed by atoms with Gasteiger partial charge in [0.15, 0.2) is 0 Å². The predicted molar refractivity (Wildman–Crippen MR) is 76.8 cm³/mol. The van der Waals surface area contributed by atoms with Gasteiger partial charge in [-0.1, -0.05) is 23.8 Å². The highest BCUT2D eigenvalue weighted by molar-refractivity contribution is 7.80. The van der Waals surface area contributed by atoms with Gasteiger partial charge in [0.1, 0.15) is 5.82 Å². The second-order valence-electron chi connectivity index (χ2n) is 4.62. The number of rotatable bonds is 2. The first kappa shape index (κ1) is 14.2. The Morgan fingerprint density at radius 3 is 2.89 bits per heavy atom. The minimum absolute atomic E-state index is 0.0481. The van der Waals surface area contributed by atoms with Crippen molar-refractivity contribution in [3.8, 4) is 0 Å². The summed E-state index contributed by atoms with van der Waals surface area (Å²) in [5.74, 6) is -0.612. The van der Waals surface area contributed by atoms with Gasteiger partial charge in [-0.15, -0.1) is 0 Å². The van der Waals surface area contributed by atoms with Crippen molar-refractivity contribution in [1.82, 2.24) is 4.90 Å². The van der Waals surface area contributed by atoms with E-state index < -0.39 is 5.82 Å². The Labute approximate surface area is 121 Å². The van der Waals surface area contributed by atoms with Crippen molar-refractivity contribution in [2.24, 2.45) is 11.7 Å². The van der Waals surface area contributed by atoms with Crippen molar-refractivity contribution in [3.63, 3.8) is 0 Å². The number of carbonyl (C=O) groups excluding carboxylic acids is 1. The van der Waals surface area contributed by atoms with Crippen molar-refractivity contribution in [3.05, 3.63) is 34.6 Å². The number of piperidine rings is 1. The molecule has 1 fully saturated rings. The number of halogens is 2.